The van der Waals surface area contributed by atoms with Crippen molar-refractivity contribution in [3.05, 3.63) is 30.5 Å². The monoisotopic (exact) mass is 261 g/mol. The molecule has 0 amide bonds. The third kappa shape index (κ3) is 3.08. The zero-order valence-corrected chi connectivity index (χ0v) is 11.3. The van der Waals surface area contributed by atoms with Crippen LogP contribution in [0.1, 0.15) is 20.3 Å². The highest BCUT2D eigenvalue weighted by atomic mass is 16.5. The van der Waals surface area contributed by atoms with Crippen LogP contribution in [0.3, 0.4) is 0 Å². The van der Waals surface area contributed by atoms with Crippen LogP contribution in [0, 0.1) is 5.92 Å². The molecule has 1 aromatic carbocycles. The van der Waals surface area contributed by atoms with Crippen LogP contribution in [-0.4, -0.2) is 22.2 Å². The van der Waals surface area contributed by atoms with Crippen molar-refractivity contribution in [3.63, 3.8) is 0 Å². The van der Waals surface area contributed by atoms with Gasteiger partial charge in [0, 0.05) is 23.6 Å². The van der Waals surface area contributed by atoms with E-state index in [1.54, 1.807) is 6.92 Å². The van der Waals surface area contributed by atoms with Crippen LogP contribution in [0.4, 0.5) is 0 Å². The summed E-state index contributed by atoms with van der Waals surface area (Å²) in [7, 11) is 0. The molecule has 0 bridgehead atoms. The average Bonchev–Trinajstić information content (AvgIpc) is 2.78. The quantitative estimate of drug-likeness (QED) is 0.869. The summed E-state index contributed by atoms with van der Waals surface area (Å²) in [5, 5.41) is 10.0. The first kappa shape index (κ1) is 13.5. The molecule has 0 aliphatic rings. The molecular formula is C15H19NO3. The van der Waals surface area contributed by atoms with Gasteiger partial charge in [-0.3, -0.25) is 4.79 Å². The number of nitrogens with zero attached hydrogens (tertiary/aromatic N) is 1. The van der Waals surface area contributed by atoms with E-state index in [0.717, 1.165) is 23.1 Å². The summed E-state index contributed by atoms with van der Waals surface area (Å²) in [5.74, 6) is -0.310. The molecule has 1 aromatic heterocycles. The molecule has 1 unspecified atom stereocenters. The highest BCUT2D eigenvalue weighted by Gasteiger charge is 2.12. The number of fused-ring (bicyclic) bond motifs is 1. The molecule has 1 N–H and O–H groups in total. The summed E-state index contributed by atoms with van der Waals surface area (Å²) in [5.41, 5.74) is 1.04. The Hall–Kier alpha value is -1.97. The number of aliphatic carboxylic acids is 1. The standard InChI is InChI=1S/C15H19NO3/c1-3-8-19-13-4-5-14-12(9-13)6-7-16(14)10-11(2)15(17)18/h4-7,9,11H,3,8,10H2,1-2H3,(H,17,18). The summed E-state index contributed by atoms with van der Waals surface area (Å²) in [6, 6.07) is 7.89. The van der Waals surface area contributed by atoms with Crippen LogP contribution in [0.15, 0.2) is 30.5 Å². The van der Waals surface area contributed by atoms with Crippen LogP contribution < -0.4 is 4.74 Å². The van der Waals surface area contributed by atoms with Crippen molar-refractivity contribution in [2.24, 2.45) is 5.92 Å². The summed E-state index contributed by atoms with van der Waals surface area (Å²) in [4.78, 5) is 10.9. The first-order valence-electron chi connectivity index (χ1n) is 6.56. The van der Waals surface area contributed by atoms with Gasteiger partial charge in [0.15, 0.2) is 0 Å². The Balaban J connectivity index is 2.21. The topological polar surface area (TPSA) is 51.5 Å². The van der Waals surface area contributed by atoms with Crippen molar-refractivity contribution >= 4 is 16.9 Å². The van der Waals surface area contributed by atoms with Gasteiger partial charge in [-0.25, -0.2) is 0 Å². The molecule has 1 atom stereocenters. The molecule has 4 heteroatoms. The Morgan fingerprint density at radius 1 is 1.42 bits per heavy atom. The lowest BCUT2D eigenvalue weighted by molar-refractivity contribution is -0.141. The van der Waals surface area contributed by atoms with Gasteiger partial charge >= 0.3 is 5.97 Å². The van der Waals surface area contributed by atoms with E-state index in [9.17, 15) is 4.79 Å². The third-order valence-electron chi connectivity index (χ3n) is 3.11. The van der Waals surface area contributed by atoms with E-state index in [1.807, 2.05) is 35.0 Å². The minimum Gasteiger partial charge on any atom is -0.494 e. The Bertz CT molecular complexity index is 574. The molecule has 19 heavy (non-hydrogen) atoms. The fourth-order valence-electron chi connectivity index (χ4n) is 2.02. The largest absolute Gasteiger partial charge is 0.494 e. The smallest absolute Gasteiger partial charge is 0.308 e. The lowest BCUT2D eigenvalue weighted by Crippen LogP contribution is -2.16. The fraction of sp³-hybridized carbons (Fsp3) is 0.400. The van der Waals surface area contributed by atoms with Crippen molar-refractivity contribution < 1.29 is 14.6 Å². The minimum atomic E-state index is -0.773. The van der Waals surface area contributed by atoms with E-state index in [1.165, 1.54) is 0 Å². The molecule has 0 saturated carbocycles. The van der Waals surface area contributed by atoms with E-state index < -0.39 is 11.9 Å². The molecule has 0 aliphatic heterocycles. The highest BCUT2D eigenvalue weighted by Crippen LogP contribution is 2.23. The highest BCUT2D eigenvalue weighted by molar-refractivity contribution is 5.82. The molecule has 2 rings (SSSR count). The fourth-order valence-corrected chi connectivity index (χ4v) is 2.02. The van der Waals surface area contributed by atoms with Crippen molar-refractivity contribution in [2.45, 2.75) is 26.8 Å². The van der Waals surface area contributed by atoms with Crippen LogP contribution >= 0.6 is 0 Å². The predicted molar refractivity (Wildman–Crippen MR) is 74.5 cm³/mol. The van der Waals surface area contributed by atoms with Crippen molar-refractivity contribution in [1.82, 2.24) is 4.57 Å². The van der Waals surface area contributed by atoms with Gasteiger partial charge in [-0.1, -0.05) is 13.8 Å². The van der Waals surface area contributed by atoms with E-state index in [4.69, 9.17) is 9.84 Å². The minimum absolute atomic E-state index is 0.397. The molecule has 1 heterocycles. The second-order valence-electron chi connectivity index (χ2n) is 4.78. The number of ether oxygens (including phenoxy) is 1. The molecule has 0 saturated heterocycles. The Kier molecular flexibility index (Phi) is 4.10. The molecule has 2 aromatic rings. The van der Waals surface area contributed by atoms with Gasteiger partial charge in [0.25, 0.3) is 0 Å². The SMILES string of the molecule is CCCOc1ccc2c(ccn2CC(C)C(=O)O)c1. The van der Waals surface area contributed by atoms with Crippen LogP contribution in [0.5, 0.6) is 5.75 Å². The lowest BCUT2D eigenvalue weighted by Gasteiger charge is -2.10. The maximum absolute atomic E-state index is 10.9. The first-order valence-corrected chi connectivity index (χ1v) is 6.56. The number of carboxylic acids is 1. The first-order chi connectivity index (χ1) is 9.11. The summed E-state index contributed by atoms with van der Waals surface area (Å²) >= 11 is 0. The van der Waals surface area contributed by atoms with E-state index >= 15 is 0 Å². The zero-order chi connectivity index (χ0) is 13.8. The molecule has 0 radical (unpaired) electrons. The van der Waals surface area contributed by atoms with Gasteiger partial charge < -0.3 is 14.4 Å². The summed E-state index contributed by atoms with van der Waals surface area (Å²) < 4.78 is 7.56. The zero-order valence-electron chi connectivity index (χ0n) is 11.3. The number of rotatable bonds is 6. The lowest BCUT2D eigenvalue weighted by atomic mass is 10.2. The van der Waals surface area contributed by atoms with Gasteiger partial charge in [-0.2, -0.15) is 0 Å². The maximum Gasteiger partial charge on any atom is 0.308 e. The number of carboxylic acid groups (broad SMARTS) is 1. The van der Waals surface area contributed by atoms with E-state index in [0.29, 0.717) is 13.2 Å². The number of hydrogen-bond acceptors (Lipinski definition) is 2. The maximum atomic E-state index is 10.9. The number of carbonyl (C=O) groups is 1. The van der Waals surface area contributed by atoms with E-state index in [-0.39, 0.29) is 0 Å². The Morgan fingerprint density at radius 3 is 2.89 bits per heavy atom. The predicted octanol–water partition coefficient (Wildman–Crippen LogP) is 3.15. The Labute approximate surface area is 112 Å². The van der Waals surface area contributed by atoms with Crippen molar-refractivity contribution in [2.75, 3.05) is 6.61 Å². The molecule has 0 aliphatic carbocycles. The van der Waals surface area contributed by atoms with Crippen LogP contribution in [0.2, 0.25) is 0 Å². The normalized spacial score (nSPS) is 12.5. The van der Waals surface area contributed by atoms with Gasteiger partial charge in [0.1, 0.15) is 5.75 Å². The second-order valence-corrected chi connectivity index (χ2v) is 4.78. The van der Waals surface area contributed by atoms with Crippen molar-refractivity contribution in [1.29, 1.82) is 0 Å². The molecule has 0 fully saturated rings. The number of benzene rings is 1. The molecule has 102 valence electrons. The average molecular weight is 261 g/mol. The van der Waals surface area contributed by atoms with Gasteiger partial charge in [0.2, 0.25) is 0 Å². The summed E-state index contributed by atoms with van der Waals surface area (Å²) in [6.07, 6.45) is 2.91. The van der Waals surface area contributed by atoms with E-state index in [2.05, 4.69) is 6.92 Å². The Morgan fingerprint density at radius 2 is 2.21 bits per heavy atom. The number of hydrogen-bond donors (Lipinski definition) is 1. The van der Waals surface area contributed by atoms with Crippen LogP contribution in [-0.2, 0) is 11.3 Å². The molecule has 4 nitrogen and oxygen atoms in total. The van der Waals surface area contributed by atoms with Gasteiger partial charge in [-0.15, -0.1) is 0 Å². The number of aromatic nitrogens is 1. The molecule has 0 spiro atoms. The van der Waals surface area contributed by atoms with Gasteiger partial charge in [0.05, 0.1) is 12.5 Å². The molecular weight excluding hydrogens is 242 g/mol. The summed E-state index contributed by atoms with van der Waals surface area (Å²) in [6.45, 7) is 4.98. The van der Waals surface area contributed by atoms with Gasteiger partial charge in [-0.05, 0) is 30.7 Å². The third-order valence-corrected chi connectivity index (χ3v) is 3.11. The van der Waals surface area contributed by atoms with Crippen LogP contribution in [0.25, 0.3) is 10.9 Å². The second kappa shape index (κ2) is 5.78. The van der Waals surface area contributed by atoms with Crippen molar-refractivity contribution in [3.8, 4) is 5.75 Å².